The van der Waals surface area contributed by atoms with Crippen LogP contribution >= 0.6 is 11.3 Å². The average Bonchev–Trinajstić information content (AvgIpc) is 2.74. The summed E-state index contributed by atoms with van der Waals surface area (Å²) in [6, 6.07) is 4.73. The van der Waals surface area contributed by atoms with Crippen LogP contribution < -0.4 is 0 Å². The molecule has 0 saturated carbocycles. The van der Waals surface area contributed by atoms with Crippen molar-refractivity contribution < 1.29 is 4.79 Å². The van der Waals surface area contributed by atoms with Crippen molar-refractivity contribution in [2.24, 2.45) is 5.92 Å². The van der Waals surface area contributed by atoms with E-state index in [0.717, 1.165) is 19.5 Å². The lowest BCUT2D eigenvalue weighted by Crippen LogP contribution is -2.40. The SMILES string of the molecule is CC1CN(C(C)c2cccs2)CCC1=O. The lowest BCUT2D eigenvalue weighted by Gasteiger charge is -2.34. The second-order valence-corrected chi connectivity index (χ2v) is 5.28. The summed E-state index contributed by atoms with van der Waals surface area (Å²) in [7, 11) is 0. The number of thiophene rings is 1. The molecule has 1 aromatic heterocycles. The van der Waals surface area contributed by atoms with E-state index < -0.39 is 0 Å². The highest BCUT2D eigenvalue weighted by molar-refractivity contribution is 7.10. The van der Waals surface area contributed by atoms with Crippen LogP contribution in [0.25, 0.3) is 0 Å². The Labute approximate surface area is 94.9 Å². The Morgan fingerprint density at radius 2 is 2.40 bits per heavy atom. The molecule has 1 aliphatic rings. The van der Waals surface area contributed by atoms with Crippen LogP contribution in [0.3, 0.4) is 0 Å². The van der Waals surface area contributed by atoms with Gasteiger partial charge in [-0.05, 0) is 18.4 Å². The number of Topliss-reactive ketones (excluding diaryl/α,β-unsaturated/α-hetero) is 1. The first-order valence-electron chi connectivity index (χ1n) is 5.48. The highest BCUT2D eigenvalue weighted by Crippen LogP contribution is 2.27. The van der Waals surface area contributed by atoms with Gasteiger partial charge in [-0.1, -0.05) is 13.0 Å². The molecule has 0 spiro atoms. The van der Waals surface area contributed by atoms with E-state index in [1.165, 1.54) is 4.88 Å². The number of hydrogen-bond acceptors (Lipinski definition) is 3. The number of likely N-dealkylation sites (tertiary alicyclic amines) is 1. The largest absolute Gasteiger partial charge is 0.299 e. The maximum Gasteiger partial charge on any atom is 0.138 e. The fourth-order valence-electron chi connectivity index (χ4n) is 2.11. The van der Waals surface area contributed by atoms with Gasteiger partial charge in [-0.15, -0.1) is 11.3 Å². The van der Waals surface area contributed by atoms with Crippen LogP contribution in [0.5, 0.6) is 0 Å². The zero-order valence-corrected chi connectivity index (χ0v) is 10.1. The summed E-state index contributed by atoms with van der Waals surface area (Å²) >= 11 is 1.80. The summed E-state index contributed by atoms with van der Waals surface area (Å²) in [5.41, 5.74) is 0. The quantitative estimate of drug-likeness (QED) is 0.768. The third kappa shape index (κ3) is 2.29. The van der Waals surface area contributed by atoms with E-state index in [1.54, 1.807) is 11.3 Å². The van der Waals surface area contributed by atoms with E-state index in [2.05, 4.69) is 29.3 Å². The van der Waals surface area contributed by atoms with Gasteiger partial charge in [0.05, 0.1) is 0 Å². The first-order valence-corrected chi connectivity index (χ1v) is 6.36. The molecule has 2 nitrogen and oxygen atoms in total. The lowest BCUT2D eigenvalue weighted by atomic mass is 9.97. The van der Waals surface area contributed by atoms with Crippen molar-refractivity contribution in [2.45, 2.75) is 26.3 Å². The summed E-state index contributed by atoms with van der Waals surface area (Å²) in [5.74, 6) is 0.630. The predicted octanol–water partition coefficient (Wildman–Crippen LogP) is 2.72. The van der Waals surface area contributed by atoms with Crippen molar-refractivity contribution in [1.29, 1.82) is 0 Å². The minimum atomic E-state index is 0.209. The van der Waals surface area contributed by atoms with Crippen LogP contribution in [0.4, 0.5) is 0 Å². The van der Waals surface area contributed by atoms with E-state index in [4.69, 9.17) is 0 Å². The monoisotopic (exact) mass is 223 g/mol. The Hall–Kier alpha value is -0.670. The number of rotatable bonds is 2. The molecule has 15 heavy (non-hydrogen) atoms. The van der Waals surface area contributed by atoms with Gasteiger partial charge in [-0.25, -0.2) is 0 Å². The zero-order valence-electron chi connectivity index (χ0n) is 9.27. The lowest BCUT2D eigenvalue weighted by molar-refractivity contribution is -0.126. The van der Waals surface area contributed by atoms with Crippen LogP contribution in [-0.4, -0.2) is 23.8 Å². The average molecular weight is 223 g/mol. The molecule has 0 amide bonds. The van der Waals surface area contributed by atoms with Gasteiger partial charge in [0.2, 0.25) is 0 Å². The number of nitrogens with zero attached hydrogens (tertiary/aromatic N) is 1. The van der Waals surface area contributed by atoms with E-state index in [1.807, 2.05) is 6.92 Å². The molecule has 1 fully saturated rings. The number of piperidine rings is 1. The highest BCUT2D eigenvalue weighted by atomic mass is 32.1. The summed E-state index contributed by atoms with van der Waals surface area (Å²) < 4.78 is 0. The van der Waals surface area contributed by atoms with Crippen molar-refractivity contribution in [2.75, 3.05) is 13.1 Å². The van der Waals surface area contributed by atoms with Gasteiger partial charge in [-0.3, -0.25) is 9.69 Å². The highest BCUT2D eigenvalue weighted by Gasteiger charge is 2.27. The van der Waals surface area contributed by atoms with Gasteiger partial charge in [-0.2, -0.15) is 0 Å². The minimum Gasteiger partial charge on any atom is -0.299 e. The molecule has 2 atom stereocenters. The minimum absolute atomic E-state index is 0.209. The molecular weight excluding hydrogens is 206 g/mol. The predicted molar refractivity (Wildman–Crippen MR) is 63.1 cm³/mol. The maximum atomic E-state index is 11.4. The van der Waals surface area contributed by atoms with E-state index in [-0.39, 0.29) is 5.92 Å². The van der Waals surface area contributed by atoms with E-state index >= 15 is 0 Å². The van der Waals surface area contributed by atoms with Crippen molar-refractivity contribution >= 4 is 17.1 Å². The van der Waals surface area contributed by atoms with Gasteiger partial charge in [0, 0.05) is 36.3 Å². The first kappa shape index (κ1) is 10.8. The van der Waals surface area contributed by atoms with Gasteiger partial charge in [0.25, 0.3) is 0 Å². The third-order valence-corrected chi connectivity index (χ3v) is 4.25. The molecule has 0 radical (unpaired) electrons. The standard InChI is InChI=1S/C12H17NOS/c1-9-8-13(6-5-11(9)14)10(2)12-4-3-7-15-12/h3-4,7,9-10H,5-6,8H2,1-2H3. The van der Waals surface area contributed by atoms with Gasteiger partial charge in [0.15, 0.2) is 0 Å². The summed E-state index contributed by atoms with van der Waals surface area (Å²) in [5, 5.41) is 2.12. The Balaban J connectivity index is 2.03. The Morgan fingerprint density at radius 1 is 1.60 bits per heavy atom. The molecular formula is C12H17NOS. The molecule has 1 aromatic rings. The fraction of sp³-hybridized carbons (Fsp3) is 0.583. The van der Waals surface area contributed by atoms with Crippen LogP contribution in [0.2, 0.25) is 0 Å². The second-order valence-electron chi connectivity index (χ2n) is 4.30. The normalized spacial score (nSPS) is 25.5. The number of carbonyl (C=O) groups excluding carboxylic acids is 1. The van der Waals surface area contributed by atoms with E-state index in [9.17, 15) is 4.79 Å². The number of ketones is 1. The first-order chi connectivity index (χ1) is 7.18. The van der Waals surface area contributed by atoms with Crippen LogP contribution in [0.1, 0.15) is 31.2 Å². The van der Waals surface area contributed by atoms with Gasteiger partial charge >= 0.3 is 0 Å². The van der Waals surface area contributed by atoms with Crippen molar-refractivity contribution in [3.63, 3.8) is 0 Å². The van der Waals surface area contributed by atoms with Crippen LogP contribution in [0.15, 0.2) is 17.5 Å². The summed E-state index contributed by atoms with van der Waals surface area (Å²) in [4.78, 5) is 15.2. The molecule has 1 saturated heterocycles. The summed E-state index contributed by atoms with van der Waals surface area (Å²) in [6.45, 7) is 6.10. The zero-order chi connectivity index (χ0) is 10.8. The van der Waals surface area contributed by atoms with Crippen molar-refractivity contribution in [3.05, 3.63) is 22.4 Å². The topological polar surface area (TPSA) is 20.3 Å². The van der Waals surface area contributed by atoms with Gasteiger partial charge < -0.3 is 0 Å². The molecule has 82 valence electrons. The number of carbonyl (C=O) groups is 1. The second kappa shape index (κ2) is 4.45. The van der Waals surface area contributed by atoms with E-state index in [0.29, 0.717) is 11.8 Å². The molecule has 2 heterocycles. The van der Waals surface area contributed by atoms with Crippen LogP contribution in [0, 0.1) is 5.92 Å². The smallest absolute Gasteiger partial charge is 0.138 e. The van der Waals surface area contributed by atoms with Gasteiger partial charge in [0.1, 0.15) is 5.78 Å². The maximum absolute atomic E-state index is 11.4. The Morgan fingerprint density at radius 3 is 3.00 bits per heavy atom. The molecule has 1 aliphatic heterocycles. The number of hydrogen-bond donors (Lipinski definition) is 0. The van der Waals surface area contributed by atoms with Crippen molar-refractivity contribution in [3.8, 4) is 0 Å². The molecule has 2 unspecified atom stereocenters. The molecule has 0 N–H and O–H groups in total. The molecule has 0 aliphatic carbocycles. The van der Waals surface area contributed by atoms with Crippen molar-refractivity contribution in [1.82, 2.24) is 4.90 Å². The van der Waals surface area contributed by atoms with Crippen LogP contribution in [-0.2, 0) is 4.79 Å². The summed E-state index contributed by atoms with van der Waals surface area (Å²) in [6.07, 6.45) is 0.719. The Kier molecular flexibility index (Phi) is 3.22. The molecule has 0 aromatic carbocycles. The fourth-order valence-corrected chi connectivity index (χ4v) is 2.92. The molecule has 2 rings (SSSR count). The molecule has 3 heteroatoms. The Bertz CT molecular complexity index is 333. The third-order valence-electron chi connectivity index (χ3n) is 3.21. The molecule has 0 bridgehead atoms.